The largest absolute Gasteiger partial charge is 0.480 e. The maximum atomic E-state index is 11.9. The lowest BCUT2D eigenvalue weighted by Gasteiger charge is -2.37. The standard InChI is InChI=1S/C19H26N4O2/c1-14-5-4-6-16(11-14)18(19(24)25)23-9-7-22(8-10-23)13-17-15(2)12-21(3)20-17/h4-6,11-12,18H,7-10,13H2,1-3H3,(H,24,25). The number of aromatic nitrogens is 2. The third-order valence-electron chi connectivity index (χ3n) is 4.85. The van der Waals surface area contributed by atoms with Gasteiger partial charge in [-0.25, -0.2) is 0 Å². The molecule has 0 amide bonds. The van der Waals surface area contributed by atoms with Crippen molar-refractivity contribution in [1.82, 2.24) is 19.6 Å². The summed E-state index contributed by atoms with van der Waals surface area (Å²) < 4.78 is 1.85. The van der Waals surface area contributed by atoms with Crippen LogP contribution in [0.1, 0.15) is 28.4 Å². The number of carbonyl (C=O) groups is 1. The van der Waals surface area contributed by atoms with Crippen molar-refractivity contribution in [2.75, 3.05) is 26.2 Å². The Balaban J connectivity index is 1.65. The van der Waals surface area contributed by atoms with Gasteiger partial charge in [0, 0.05) is 46.0 Å². The Kier molecular flexibility index (Phi) is 5.20. The molecular formula is C19H26N4O2. The molecule has 0 saturated carbocycles. The first kappa shape index (κ1) is 17.6. The molecule has 0 spiro atoms. The van der Waals surface area contributed by atoms with Gasteiger partial charge in [-0.15, -0.1) is 0 Å². The molecule has 2 heterocycles. The predicted octanol–water partition coefficient (Wildman–Crippen LogP) is 1.98. The highest BCUT2D eigenvalue weighted by Crippen LogP contribution is 2.24. The molecule has 1 aromatic heterocycles. The van der Waals surface area contributed by atoms with Gasteiger partial charge in [0.05, 0.1) is 5.69 Å². The molecule has 2 aromatic rings. The second-order valence-electron chi connectivity index (χ2n) is 6.90. The lowest BCUT2D eigenvalue weighted by molar-refractivity contribution is -0.144. The van der Waals surface area contributed by atoms with E-state index in [9.17, 15) is 9.90 Å². The number of piperazine rings is 1. The molecule has 1 N–H and O–H groups in total. The van der Waals surface area contributed by atoms with Crippen LogP contribution in [0.2, 0.25) is 0 Å². The summed E-state index contributed by atoms with van der Waals surface area (Å²) in [6.07, 6.45) is 2.03. The Bertz CT molecular complexity index is 748. The quantitative estimate of drug-likeness (QED) is 0.900. The summed E-state index contributed by atoms with van der Waals surface area (Å²) in [6, 6.07) is 7.24. The summed E-state index contributed by atoms with van der Waals surface area (Å²) in [5, 5.41) is 14.3. The van der Waals surface area contributed by atoms with E-state index < -0.39 is 12.0 Å². The first-order valence-electron chi connectivity index (χ1n) is 8.69. The van der Waals surface area contributed by atoms with Gasteiger partial charge in [-0.2, -0.15) is 5.10 Å². The molecule has 0 bridgehead atoms. The molecule has 1 fully saturated rings. The lowest BCUT2D eigenvalue weighted by atomic mass is 10.0. The number of aryl methyl sites for hydroxylation is 3. The number of nitrogens with zero attached hydrogens (tertiary/aromatic N) is 4. The predicted molar refractivity (Wildman–Crippen MR) is 96.4 cm³/mol. The molecule has 1 aliphatic heterocycles. The van der Waals surface area contributed by atoms with Gasteiger partial charge >= 0.3 is 5.97 Å². The van der Waals surface area contributed by atoms with Gasteiger partial charge in [-0.05, 0) is 25.0 Å². The van der Waals surface area contributed by atoms with E-state index in [2.05, 4.69) is 21.8 Å². The van der Waals surface area contributed by atoms with E-state index >= 15 is 0 Å². The van der Waals surface area contributed by atoms with E-state index in [4.69, 9.17) is 0 Å². The SMILES string of the molecule is Cc1cccc(C(C(=O)O)N2CCN(Cc3nn(C)cc3C)CC2)c1. The molecule has 0 aliphatic carbocycles. The van der Waals surface area contributed by atoms with Crippen molar-refractivity contribution in [2.24, 2.45) is 7.05 Å². The topological polar surface area (TPSA) is 61.6 Å². The van der Waals surface area contributed by atoms with Crippen LogP contribution in [0, 0.1) is 13.8 Å². The summed E-state index contributed by atoms with van der Waals surface area (Å²) in [5.41, 5.74) is 4.26. The van der Waals surface area contributed by atoms with Crippen LogP contribution in [0.3, 0.4) is 0 Å². The zero-order valence-electron chi connectivity index (χ0n) is 15.1. The molecule has 6 heteroatoms. The number of aliphatic carboxylic acids is 1. The average Bonchev–Trinajstić information content (AvgIpc) is 2.86. The van der Waals surface area contributed by atoms with Gasteiger partial charge < -0.3 is 5.11 Å². The van der Waals surface area contributed by atoms with Crippen molar-refractivity contribution < 1.29 is 9.90 Å². The molecule has 1 unspecified atom stereocenters. The van der Waals surface area contributed by atoms with E-state index in [1.165, 1.54) is 5.56 Å². The van der Waals surface area contributed by atoms with E-state index in [0.717, 1.165) is 49.5 Å². The zero-order valence-corrected chi connectivity index (χ0v) is 15.1. The normalized spacial score (nSPS) is 17.6. The van der Waals surface area contributed by atoms with Crippen molar-refractivity contribution in [3.05, 3.63) is 52.8 Å². The Morgan fingerprint density at radius 1 is 1.24 bits per heavy atom. The third kappa shape index (κ3) is 4.08. The molecular weight excluding hydrogens is 316 g/mol. The Hall–Kier alpha value is -2.18. The smallest absolute Gasteiger partial charge is 0.325 e. The van der Waals surface area contributed by atoms with E-state index in [1.807, 2.05) is 49.1 Å². The Morgan fingerprint density at radius 3 is 2.52 bits per heavy atom. The molecule has 1 aromatic carbocycles. The van der Waals surface area contributed by atoms with Gasteiger partial charge in [-0.1, -0.05) is 29.8 Å². The van der Waals surface area contributed by atoms with E-state index in [-0.39, 0.29) is 0 Å². The fraction of sp³-hybridized carbons (Fsp3) is 0.474. The fourth-order valence-electron chi connectivity index (χ4n) is 3.55. The summed E-state index contributed by atoms with van der Waals surface area (Å²) in [6.45, 7) is 8.10. The monoisotopic (exact) mass is 342 g/mol. The highest BCUT2D eigenvalue weighted by molar-refractivity contribution is 5.75. The summed E-state index contributed by atoms with van der Waals surface area (Å²) in [7, 11) is 1.94. The highest BCUT2D eigenvalue weighted by atomic mass is 16.4. The molecule has 1 atom stereocenters. The number of hydrogen-bond acceptors (Lipinski definition) is 4. The molecule has 134 valence electrons. The van der Waals surface area contributed by atoms with E-state index in [1.54, 1.807) is 0 Å². The average molecular weight is 342 g/mol. The van der Waals surface area contributed by atoms with Crippen LogP contribution in [0.4, 0.5) is 0 Å². The maximum Gasteiger partial charge on any atom is 0.325 e. The first-order valence-corrected chi connectivity index (χ1v) is 8.69. The van der Waals surface area contributed by atoms with Gasteiger partial charge in [-0.3, -0.25) is 19.3 Å². The van der Waals surface area contributed by atoms with Crippen molar-refractivity contribution in [2.45, 2.75) is 26.4 Å². The second kappa shape index (κ2) is 7.37. The van der Waals surface area contributed by atoms with Gasteiger partial charge in [0.2, 0.25) is 0 Å². The van der Waals surface area contributed by atoms with Crippen LogP contribution >= 0.6 is 0 Å². The molecule has 3 rings (SSSR count). The minimum Gasteiger partial charge on any atom is -0.480 e. The number of carboxylic acids is 1. The third-order valence-corrected chi connectivity index (χ3v) is 4.85. The summed E-state index contributed by atoms with van der Waals surface area (Å²) >= 11 is 0. The summed E-state index contributed by atoms with van der Waals surface area (Å²) in [5.74, 6) is -0.778. The zero-order chi connectivity index (χ0) is 18.0. The van der Waals surface area contributed by atoms with Gasteiger partial charge in [0.25, 0.3) is 0 Å². The first-order chi connectivity index (χ1) is 11.9. The molecule has 0 radical (unpaired) electrons. The minimum absolute atomic E-state index is 0.571. The van der Waals surface area contributed by atoms with Gasteiger partial charge in [0.15, 0.2) is 0 Å². The van der Waals surface area contributed by atoms with Gasteiger partial charge in [0.1, 0.15) is 6.04 Å². The Labute approximate surface area is 148 Å². The van der Waals surface area contributed by atoms with E-state index in [0.29, 0.717) is 0 Å². The summed E-state index contributed by atoms with van der Waals surface area (Å²) in [4.78, 5) is 16.3. The van der Waals surface area contributed by atoms with Crippen LogP contribution in [0.15, 0.2) is 30.5 Å². The number of benzene rings is 1. The van der Waals surface area contributed by atoms with Crippen LogP contribution in [0.5, 0.6) is 0 Å². The molecule has 1 saturated heterocycles. The lowest BCUT2D eigenvalue weighted by Crippen LogP contribution is -2.48. The van der Waals surface area contributed by atoms with Crippen LogP contribution < -0.4 is 0 Å². The van der Waals surface area contributed by atoms with Crippen molar-refractivity contribution in [3.8, 4) is 0 Å². The molecule has 1 aliphatic rings. The maximum absolute atomic E-state index is 11.9. The highest BCUT2D eigenvalue weighted by Gasteiger charge is 2.30. The van der Waals surface area contributed by atoms with Crippen LogP contribution in [0.25, 0.3) is 0 Å². The Morgan fingerprint density at radius 2 is 1.96 bits per heavy atom. The van der Waals surface area contributed by atoms with Crippen molar-refractivity contribution in [3.63, 3.8) is 0 Å². The number of carboxylic acid groups (broad SMARTS) is 1. The number of rotatable bonds is 5. The van der Waals surface area contributed by atoms with Crippen molar-refractivity contribution in [1.29, 1.82) is 0 Å². The van der Waals surface area contributed by atoms with Crippen LogP contribution in [-0.2, 0) is 18.4 Å². The van der Waals surface area contributed by atoms with Crippen molar-refractivity contribution >= 4 is 5.97 Å². The molecule has 25 heavy (non-hydrogen) atoms. The van der Waals surface area contributed by atoms with Crippen LogP contribution in [-0.4, -0.2) is 56.8 Å². The fourth-order valence-corrected chi connectivity index (χ4v) is 3.55. The molecule has 6 nitrogen and oxygen atoms in total. The minimum atomic E-state index is -0.778. The number of hydrogen-bond donors (Lipinski definition) is 1. The second-order valence-corrected chi connectivity index (χ2v) is 6.90.